The van der Waals surface area contributed by atoms with Crippen molar-refractivity contribution in [3.8, 4) is 0 Å². The second-order valence-electron chi connectivity index (χ2n) is 9.56. The molecule has 6 heteroatoms. The van der Waals surface area contributed by atoms with E-state index in [1.807, 2.05) is 61.5 Å². The molecule has 4 rings (SSSR count). The molecule has 3 aromatic rings. The van der Waals surface area contributed by atoms with Crippen molar-refractivity contribution < 1.29 is 9.59 Å². The number of benzene rings is 3. The highest BCUT2D eigenvalue weighted by Gasteiger charge is 2.32. The summed E-state index contributed by atoms with van der Waals surface area (Å²) in [7, 11) is 0. The Kier molecular flexibility index (Phi) is 9.06. The molecule has 3 aromatic carbocycles. The zero-order valence-electron chi connectivity index (χ0n) is 20.6. The SMILES string of the molecule is Cc1ccccc1CN(C(=O)Cc1ccc(Cl)cc1Cl)[C@H](Cc1ccccc1)C(=O)NC1CCCC1. The number of hydrogen-bond acceptors (Lipinski definition) is 2. The maximum absolute atomic E-state index is 13.9. The van der Waals surface area contributed by atoms with Gasteiger partial charge in [0.15, 0.2) is 0 Å². The molecule has 4 nitrogen and oxygen atoms in total. The predicted octanol–water partition coefficient (Wildman–Crippen LogP) is 6.54. The molecule has 0 radical (unpaired) electrons. The molecule has 1 aliphatic carbocycles. The number of hydrogen-bond donors (Lipinski definition) is 1. The Labute approximate surface area is 223 Å². The molecule has 1 atom stereocenters. The van der Waals surface area contributed by atoms with Crippen molar-refractivity contribution in [3.63, 3.8) is 0 Å². The lowest BCUT2D eigenvalue weighted by Crippen LogP contribution is -2.52. The zero-order chi connectivity index (χ0) is 25.5. The molecule has 1 aliphatic rings. The largest absolute Gasteiger partial charge is 0.352 e. The van der Waals surface area contributed by atoms with Crippen LogP contribution in [0.3, 0.4) is 0 Å². The van der Waals surface area contributed by atoms with Crippen LogP contribution in [0.25, 0.3) is 0 Å². The second-order valence-corrected chi connectivity index (χ2v) is 10.4. The Bertz CT molecular complexity index is 1190. The van der Waals surface area contributed by atoms with Crippen LogP contribution in [0, 0.1) is 6.92 Å². The lowest BCUT2D eigenvalue weighted by Gasteiger charge is -2.33. The van der Waals surface area contributed by atoms with Crippen LogP contribution in [0.4, 0.5) is 0 Å². The lowest BCUT2D eigenvalue weighted by molar-refractivity contribution is -0.141. The monoisotopic (exact) mass is 522 g/mol. The van der Waals surface area contributed by atoms with Gasteiger partial charge in [0.25, 0.3) is 0 Å². The van der Waals surface area contributed by atoms with Gasteiger partial charge in [0, 0.05) is 29.1 Å². The first kappa shape index (κ1) is 26.2. The third-order valence-corrected chi connectivity index (χ3v) is 7.52. The van der Waals surface area contributed by atoms with E-state index in [9.17, 15) is 9.59 Å². The average molecular weight is 524 g/mol. The first-order chi connectivity index (χ1) is 17.4. The molecule has 0 unspecified atom stereocenters. The number of rotatable bonds is 9. The van der Waals surface area contributed by atoms with Crippen LogP contribution in [0.15, 0.2) is 72.8 Å². The van der Waals surface area contributed by atoms with E-state index >= 15 is 0 Å². The first-order valence-corrected chi connectivity index (χ1v) is 13.3. The maximum Gasteiger partial charge on any atom is 0.243 e. The fourth-order valence-corrected chi connectivity index (χ4v) is 5.30. The van der Waals surface area contributed by atoms with Gasteiger partial charge in [-0.15, -0.1) is 0 Å². The zero-order valence-corrected chi connectivity index (χ0v) is 22.1. The summed E-state index contributed by atoms with van der Waals surface area (Å²) < 4.78 is 0. The van der Waals surface area contributed by atoms with Crippen molar-refractivity contribution in [1.82, 2.24) is 10.2 Å². The first-order valence-electron chi connectivity index (χ1n) is 12.5. The van der Waals surface area contributed by atoms with Crippen molar-refractivity contribution >= 4 is 35.0 Å². The minimum atomic E-state index is -0.647. The number of carbonyl (C=O) groups is 2. The Hall–Kier alpha value is -2.82. The van der Waals surface area contributed by atoms with Gasteiger partial charge in [0.05, 0.1) is 6.42 Å². The van der Waals surface area contributed by atoms with Crippen LogP contribution >= 0.6 is 23.2 Å². The Balaban J connectivity index is 1.68. The van der Waals surface area contributed by atoms with Crippen molar-refractivity contribution in [3.05, 3.63) is 105 Å². The molecule has 36 heavy (non-hydrogen) atoms. The van der Waals surface area contributed by atoms with E-state index in [1.54, 1.807) is 23.1 Å². The molecule has 0 spiro atoms. The second kappa shape index (κ2) is 12.4. The summed E-state index contributed by atoms with van der Waals surface area (Å²) in [4.78, 5) is 29.4. The van der Waals surface area contributed by atoms with E-state index in [4.69, 9.17) is 23.2 Å². The molecule has 0 bridgehead atoms. The standard InChI is InChI=1S/C30H32Cl2N2O2/c1-21-9-5-6-12-24(21)20-34(29(35)18-23-15-16-25(31)19-27(23)32)28(17-22-10-3-2-4-11-22)30(36)33-26-13-7-8-14-26/h2-6,9-12,15-16,19,26,28H,7-8,13-14,17-18,20H2,1H3,(H,33,36)/t28-/m1/s1. The number of halogens is 2. The number of nitrogens with zero attached hydrogens (tertiary/aromatic N) is 1. The normalized spacial score (nSPS) is 14.4. The number of carbonyl (C=O) groups excluding carboxylic acids is 2. The van der Waals surface area contributed by atoms with E-state index in [0.29, 0.717) is 28.6 Å². The van der Waals surface area contributed by atoms with Gasteiger partial charge in [0.1, 0.15) is 6.04 Å². The predicted molar refractivity (Wildman–Crippen MR) is 146 cm³/mol. The van der Waals surface area contributed by atoms with Crippen LogP contribution < -0.4 is 5.32 Å². The van der Waals surface area contributed by atoms with Gasteiger partial charge in [-0.2, -0.15) is 0 Å². The van der Waals surface area contributed by atoms with E-state index < -0.39 is 6.04 Å². The summed E-state index contributed by atoms with van der Waals surface area (Å²) in [5.41, 5.74) is 3.79. The molecule has 0 saturated heterocycles. The van der Waals surface area contributed by atoms with E-state index in [2.05, 4.69) is 5.32 Å². The third kappa shape index (κ3) is 6.89. The fourth-order valence-electron chi connectivity index (χ4n) is 4.82. The van der Waals surface area contributed by atoms with Crippen molar-refractivity contribution in [2.75, 3.05) is 0 Å². The van der Waals surface area contributed by atoms with Crippen molar-refractivity contribution in [1.29, 1.82) is 0 Å². The number of aryl methyl sites for hydroxylation is 1. The van der Waals surface area contributed by atoms with Gasteiger partial charge in [-0.25, -0.2) is 0 Å². The highest BCUT2D eigenvalue weighted by molar-refractivity contribution is 6.35. The highest BCUT2D eigenvalue weighted by Crippen LogP contribution is 2.24. The summed E-state index contributed by atoms with van der Waals surface area (Å²) in [6.07, 6.45) is 4.73. The highest BCUT2D eigenvalue weighted by atomic mass is 35.5. The molecule has 1 N–H and O–H groups in total. The summed E-state index contributed by atoms with van der Waals surface area (Å²) in [5.74, 6) is -0.250. The fraction of sp³-hybridized carbons (Fsp3) is 0.333. The van der Waals surface area contributed by atoms with Gasteiger partial charge in [-0.1, -0.05) is 96.7 Å². The van der Waals surface area contributed by atoms with Gasteiger partial charge < -0.3 is 10.2 Å². The minimum absolute atomic E-state index is 0.0872. The van der Waals surface area contributed by atoms with Gasteiger partial charge in [0.2, 0.25) is 11.8 Å². The van der Waals surface area contributed by atoms with Crippen molar-refractivity contribution in [2.45, 2.75) is 64.1 Å². The summed E-state index contributed by atoms with van der Waals surface area (Å²) in [6.45, 7) is 2.37. The van der Waals surface area contributed by atoms with Crippen molar-refractivity contribution in [2.24, 2.45) is 0 Å². The molecule has 1 saturated carbocycles. The molecule has 2 amide bonds. The van der Waals surface area contributed by atoms with E-state index in [1.165, 1.54) is 0 Å². The summed E-state index contributed by atoms with van der Waals surface area (Å²) in [5, 5.41) is 4.21. The molecule has 0 aromatic heterocycles. The molecule has 0 heterocycles. The number of nitrogens with one attached hydrogen (secondary N) is 1. The molecular formula is C30H32Cl2N2O2. The molecule has 0 aliphatic heterocycles. The summed E-state index contributed by atoms with van der Waals surface area (Å²) >= 11 is 12.5. The van der Waals surface area contributed by atoms with Crippen LogP contribution in [-0.4, -0.2) is 28.8 Å². The van der Waals surface area contributed by atoms with E-state index in [0.717, 1.165) is 42.4 Å². The third-order valence-electron chi connectivity index (χ3n) is 6.93. The Morgan fingerprint density at radius 1 is 0.944 bits per heavy atom. The van der Waals surface area contributed by atoms with E-state index in [-0.39, 0.29) is 24.3 Å². The van der Waals surface area contributed by atoms with Gasteiger partial charge in [-0.05, 0) is 54.2 Å². The number of amides is 2. The van der Waals surface area contributed by atoms with Gasteiger partial charge in [-0.3, -0.25) is 9.59 Å². The quantitative estimate of drug-likeness (QED) is 0.346. The maximum atomic E-state index is 13.9. The summed E-state index contributed by atoms with van der Waals surface area (Å²) in [6, 6.07) is 22.5. The Morgan fingerprint density at radius 2 is 1.64 bits per heavy atom. The van der Waals surface area contributed by atoms with Crippen LogP contribution in [0.2, 0.25) is 10.0 Å². The molecular weight excluding hydrogens is 491 g/mol. The topological polar surface area (TPSA) is 49.4 Å². The minimum Gasteiger partial charge on any atom is -0.352 e. The van der Waals surface area contributed by atoms with Crippen LogP contribution in [0.5, 0.6) is 0 Å². The van der Waals surface area contributed by atoms with Gasteiger partial charge >= 0.3 is 0 Å². The Morgan fingerprint density at radius 3 is 2.33 bits per heavy atom. The molecule has 188 valence electrons. The van der Waals surface area contributed by atoms with Crippen LogP contribution in [-0.2, 0) is 29.0 Å². The average Bonchev–Trinajstić information content (AvgIpc) is 3.37. The smallest absolute Gasteiger partial charge is 0.243 e. The lowest BCUT2D eigenvalue weighted by atomic mass is 10.00. The van der Waals surface area contributed by atoms with Crippen LogP contribution in [0.1, 0.15) is 47.9 Å². The molecule has 1 fully saturated rings.